The van der Waals surface area contributed by atoms with E-state index in [9.17, 15) is 18.0 Å². The van der Waals surface area contributed by atoms with Crippen molar-refractivity contribution in [2.75, 3.05) is 51.2 Å². The normalized spacial score (nSPS) is 16.4. The molecule has 1 aromatic carbocycles. The van der Waals surface area contributed by atoms with Crippen LogP contribution in [0.15, 0.2) is 51.7 Å². The van der Waals surface area contributed by atoms with Crippen molar-refractivity contribution >= 4 is 40.2 Å². The molecular weight excluding hydrogens is 628 g/mol. The Kier molecular flexibility index (Phi) is 10.2. The topological polar surface area (TPSA) is 103 Å². The van der Waals surface area contributed by atoms with Gasteiger partial charge in [0.15, 0.2) is 0 Å². The van der Waals surface area contributed by atoms with Crippen molar-refractivity contribution < 1.29 is 32.4 Å². The number of hydrogen-bond acceptors (Lipinski definition) is 9. The number of anilines is 1. The van der Waals surface area contributed by atoms with Gasteiger partial charge >= 0.3 is 12.1 Å². The van der Waals surface area contributed by atoms with Gasteiger partial charge in [-0.1, -0.05) is 23.4 Å². The molecular formula is C31H34F3N5O4S2. The van der Waals surface area contributed by atoms with E-state index in [1.165, 1.54) is 5.69 Å². The number of benzene rings is 1. The van der Waals surface area contributed by atoms with Gasteiger partial charge in [-0.05, 0) is 50.4 Å². The second-order valence-corrected chi connectivity index (χ2v) is 13.0. The van der Waals surface area contributed by atoms with Crippen molar-refractivity contribution in [2.45, 2.75) is 38.3 Å². The number of rotatable bonds is 6. The number of piperidine rings is 1. The molecule has 0 aliphatic carbocycles. The Balaban J connectivity index is 0.000000515. The lowest BCUT2D eigenvalue weighted by Gasteiger charge is -2.34. The van der Waals surface area contributed by atoms with E-state index in [4.69, 9.17) is 19.4 Å². The summed E-state index contributed by atoms with van der Waals surface area (Å²) >= 11 is 3.36. The van der Waals surface area contributed by atoms with E-state index in [0.717, 1.165) is 90.3 Å². The fourth-order valence-electron chi connectivity index (χ4n) is 5.43. The van der Waals surface area contributed by atoms with Crippen LogP contribution in [0.1, 0.15) is 34.4 Å². The fraction of sp³-hybridized carbons (Fsp3) is 0.419. The van der Waals surface area contributed by atoms with Gasteiger partial charge in [0, 0.05) is 66.7 Å². The first-order chi connectivity index (χ1) is 21.5. The molecule has 45 heavy (non-hydrogen) atoms. The zero-order chi connectivity index (χ0) is 32.1. The third kappa shape index (κ3) is 8.10. The largest absolute Gasteiger partial charge is 0.490 e. The molecule has 5 heterocycles. The molecule has 0 saturated carbocycles. The number of carbonyl (C=O) groups is 2. The first-order valence-corrected chi connectivity index (χ1v) is 16.3. The minimum absolute atomic E-state index is 0.231. The molecule has 3 aromatic heterocycles. The lowest BCUT2D eigenvalue weighted by molar-refractivity contribution is -0.192. The van der Waals surface area contributed by atoms with Gasteiger partial charge in [-0.3, -0.25) is 4.79 Å². The second-order valence-electron chi connectivity index (χ2n) is 11.1. The smallest absolute Gasteiger partial charge is 0.475 e. The number of alkyl halides is 3. The number of likely N-dealkylation sites (N-methyl/N-ethyl adjacent to an activating group) is 1. The van der Waals surface area contributed by atoms with Gasteiger partial charge in [-0.15, -0.1) is 22.7 Å². The van der Waals surface area contributed by atoms with Crippen LogP contribution in [0.2, 0.25) is 0 Å². The molecule has 0 bridgehead atoms. The summed E-state index contributed by atoms with van der Waals surface area (Å²) in [6.45, 7) is 7.74. The van der Waals surface area contributed by atoms with Crippen LogP contribution < -0.4 is 4.90 Å². The highest BCUT2D eigenvalue weighted by Gasteiger charge is 2.38. The molecule has 2 saturated heterocycles. The lowest BCUT2D eigenvalue weighted by Crippen LogP contribution is -2.44. The van der Waals surface area contributed by atoms with Crippen molar-refractivity contribution in [3.8, 4) is 22.5 Å². The van der Waals surface area contributed by atoms with Crippen LogP contribution >= 0.6 is 22.7 Å². The summed E-state index contributed by atoms with van der Waals surface area (Å²) in [5, 5.41) is 16.9. The summed E-state index contributed by atoms with van der Waals surface area (Å²) in [6, 6.07) is 12.7. The first kappa shape index (κ1) is 32.6. The molecule has 1 N–H and O–H groups in total. The second kappa shape index (κ2) is 14.1. The maximum absolute atomic E-state index is 12.7. The number of hydrogen-bond donors (Lipinski definition) is 1. The zero-order valence-corrected chi connectivity index (χ0v) is 26.6. The van der Waals surface area contributed by atoms with E-state index in [1.807, 2.05) is 29.3 Å². The molecule has 6 rings (SSSR count). The summed E-state index contributed by atoms with van der Waals surface area (Å²) in [5.74, 6) is -1.36. The Morgan fingerprint density at radius 1 is 1.04 bits per heavy atom. The predicted molar refractivity (Wildman–Crippen MR) is 168 cm³/mol. The molecule has 2 aliphatic rings. The first-order valence-electron chi connectivity index (χ1n) is 14.6. The van der Waals surface area contributed by atoms with Gasteiger partial charge < -0.3 is 24.3 Å². The van der Waals surface area contributed by atoms with E-state index in [2.05, 4.69) is 51.6 Å². The third-order valence-corrected chi connectivity index (χ3v) is 9.86. The Morgan fingerprint density at radius 2 is 1.76 bits per heavy atom. The number of carbonyl (C=O) groups excluding carboxylic acids is 1. The van der Waals surface area contributed by atoms with Gasteiger partial charge in [0.2, 0.25) is 5.91 Å². The number of carboxylic acids is 1. The average molecular weight is 662 g/mol. The van der Waals surface area contributed by atoms with E-state index < -0.39 is 12.1 Å². The third-order valence-electron chi connectivity index (χ3n) is 7.97. The number of piperazine rings is 1. The van der Waals surface area contributed by atoms with Crippen LogP contribution in [0, 0.1) is 6.92 Å². The molecule has 0 radical (unpaired) electrons. The molecule has 0 atom stereocenters. The van der Waals surface area contributed by atoms with Crippen molar-refractivity contribution in [2.24, 2.45) is 0 Å². The summed E-state index contributed by atoms with van der Waals surface area (Å²) in [5.41, 5.74) is 5.04. The van der Waals surface area contributed by atoms with Crippen LogP contribution in [0.25, 0.3) is 22.5 Å². The number of nitrogens with zero attached hydrogens (tertiary/aromatic N) is 5. The van der Waals surface area contributed by atoms with Crippen LogP contribution in [0.4, 0.5) is 18.9 Å². The number of aromatic nitrogens is 2. The quantitative estimate of drug-likeness (QED) is 0.262. The molecule has 0 spiro atoms. The minimum Gasteiger partial charge on any atom is -0.475 e. The molecule has 0 unspecified atom stereocenters. The highest BCUT2D eigenvalue weighted by atomic mass is 32.1. The van der Waals surface area contributed by atoms with Crippen LogP contribution in [-0.2, 0) is 16.0 Å². The number of carboxylic acid groups (broad SMARTS) is 1. The predicted octanol–water partition coefficient (Wildman–Crippen LogP) is 6.17. The van der Waals surface area contributed by atoms with Gasteiger partial charge in [0.25, 0.3) is 0 Å². The number of halogens is 3. The van der Waals surface area contributed by atoms with Gasteiger partial charge in [-0.25, -0.2) is 9.78 Å². The molecule has 9 nitrogen and oxygen atoms in total. The SMILES string of the molecule is Cc1onc(-c2cccc(N3CCN(C)CC3)c2)c1-c1csc(C2CCN(C(=O)Cc3cccs3)CC2)n1.O=C(O)C(F)(F)F. The molecule has 240 valence electrons. The van der Waals surface area contributed by atoms with Gasteiger partial charge in [0.05, 0.1) is 22.7 Å². The van der Waals surface area contributed by atoms with Crippen LogP contribution in [0.5, 0.6) is 0 Å². The molecule has 4 aromatic rings. The zero-order valence-electron chi connectivity index (χ0n) is 24.9. The van der Waals surface area contributed by atoms with Crippen LogP contribution in [-0.4, -0.2) is 89.4 Å². The number of likely N-dealkylation sites (tertiary alicyclic amines) is 1. The molecule has 14 heteroatoms. The summed E-state index contributed by atoms with van der Waals surface area (Å²) in [6.07, 6.45) is -2.67. The summed E-state index contributed by atoms with van der Waals surface area (Å²) < 4.78 is 37.4. The van der Waals surface area contributed by atoms with Gasteiger partial charge in [-0.2, -0.15) is 13.2 Å². The Labute approximate surface area is 266 Å². The Morgan fingerprint density at radius 3 is 2.40 bits per heavy atom. The van der Waals surface area contributed by atoms with Crippen molar-refractivity contribution in [1.82, 2.24) is 19.9 Å². The summed E-state index contributed by atoms with van der Waals surface area (Å²) in [4.78, 5) is 34.6. The van der Waals surface area contributed by atoms with E-state index >= 15 is 0 Å². The minimum atomic E-state index is -5.08. The maximum Gasteiger partial charge on any atom is 0.490 e. The maximum atomic E-state index is 12.7. The van der Waals surface area contributed by atoms with E-state index in [0.29, 0.717) is 12.3 Å². The number of aryl methyl sites for hydroxylation is 1. The fourth-order valence-corrected chi connectivity index (χ4v) is 7.10. The van der Waals surface area contributed by atoms with E-state index in [-0.39, 0.29) is 5.91 Å². The summed E-state index contributed by atoms with van der Waals surface area (Å²) in [7, 11) is 2.18. The molecule has 1 amide bonds. The monoisotopic (exact) mass is 661 g/mol. The Hall–Kier alpha value is -3.75. The average Bonchev–Trinajstić information content (AvgIpc) is 3.79. The number of aliphatic carboxylic acids is 1. The molecule has 2 fully saturated rings. The van der Waals surface area contributed by atoms with E-state index in [1.54, 1.807) is 22.7 Å². The highest BCUT2D eigenvalue weighted by molar-refractivity contribution is 7.10. The highest BCUT2D eigenvalue weighted by Crippen LogP contribution is 2.39. The number of amides is 1. The molecule has 2 aliphatic heterocycles. The lowest BCUT2D eigenvalue weighted by atomic mass is 9.97. The van der Waals surface area contributed by atoms with Crippen molar-refractivity contribution in [3.05, 3.63) is 62.8 Å². The number of thiazole rings is 1. The number of thiophene rings is 1. The van der Waals surface area contributed by atoms with Gasteiger partial charge in [0.1, 0.15) is 11.5 Å². The standard InChI is InChI=1S/C29H33N5O2S2.C2HF3O2/c1-20-27(28(31-36-20)22-5-3-6-23(17-22)33-14-12-32(2)13-15-33)25-19-38-29(30-25)21-8-10-34(11-9-21)26(35)18-24-7-4-16-37-24;3-2(4,5)1(6)7/h3-7,16-17,19,21H,8-15,18H2,1-2H3;(H,6,7). The Bertz CT molecular complexity index is 1590. The van der Waals surface area contributed by atoms with Crippen LogP contribution in [0.3, 0.4) is 0 Å². The van der Waals surface area contributed by atoms with Crippen molar-refractivity contribution in [1.29, 1.82) is 0 Å². The van der Waals surface area contributed by atoms with Crippen molar-refractivity contribution in [3.63, 3.8) is 0 Å².